The van der Waals surface area contributed by atoms with Crippen molar-refractivity contribution in [2.24, 2.45) is 0 Å². The molecule has 0 aliphatic carbocycles. The van der Waals surface area contributed by atoms with Crippen LogP contribution in [0.25, 0.3) is 6.08 Å². The number of alkyl halides is 4. The van der Waals surface area contributed by atoms with Crippen LogP contribution < -0.4 is 0 Å². The molecule has 0 spiro atoms. The van der Waals surface area contributed by atoms with Crippen molar-refractivity contribution in [1.29, 1.82) is 0 Å². The van der Waals surface area contributed by atoms with Crippen LogP contribution in [0.2, 0.25) is 0 Å². The van der Waals surface area contributed by atoms with Crippen LogP contribution in [0, 0.1) is 0 Å². The number of carboxylic acids is 1. The minimum absolute atomic E-state index is 0.0334. The minimum Gasteiger partial charge on any atom is -0.478 e. The second kappa shape index (κ2) is 7.13. The van der Waals surface area contributed by atoms with Gasteiger partial charge < -0.3 is 5.11 Å². The molecule has 1 rings (SSSR count). The molecule has 1 atom stereocenters. The molecule has 0 aromatic heterocycles. The van der Waals surface area contributed by atoms with E-state index in [9.17, 15) is 22.8 Å². The lowest BCUT2D eigenvalue weighted by Gasteiger charge is -2.13. The highest BCUT2D eigenvalue weighted by atomic mass is 79.9. The topological polar surface area (TPSA) is 54.4 Å². The van der Waals surface area contributed by atoms with Crippen molar-refractivity contribution in [3.05, 3.63) is 35.4 Å². The second-order valence-corrected chi connectivity index (χ2v) is 6.40. The lowest BCUT2D eigenvalue weighted by Crippen LogP contribution is -2.12. The van der Waals surface area contributed by atoms with Gasteiger partial charge in [0.25, 0.3) is 0 Å². The number of halogens is 4. The highest BCUT2D eigenvalue weighted by Crippen LogP contribution is 2.40. The summed E-state index contributed by atoms with van der Waals surface area (Å²) >= 11 is 2.67. The van der Waals surface area contributed by atoms with E-state index < -0.39 is 22.1 Å². The van der Waals surface area contributed by atoms with E-state index in [4.69, 9.17) is 5.11 Å². The summed E-state index contributed by atoms with van der Waals surface area (Å²) in [5.41, 5.74) is -4.56. The number of hydrogen-bond donors (Lipinski definition) is 1. The highest BCUT2D eigenvalue weighted by molar-refractivity contribution is 9.10. The molecular weight excluding hydrogens is 373 g/mol. The number of hydrogen-bond acceptors (Lipinski definition) is 3. The third-order valence-electron chi connectivity index (χ3n) is 2.31. The Labute approximate surface area is 131 Å². The van der Waals surface area contributed by atoms with E-state index in [-0.39, 0.29) is 27.8 Å². The fourth-order valence-electron chi connectivity index (χ4n) is 1.51. The molecule has 0 bridgehead atoms. The molecule has 0 heterocycles. The number of thioether (sulfide) groups is 1. The molecule has 1 aromatic carbocycles. The van der Waals surface area contributed by atoms with Gasteiger partial charge in [0.2, 0.25) is 0 Å². The van der Waals surface area contributed by atoms with Crippen molar-refractivity contribution in [1.82, 2.24) is 0 Å². The first kappa shape index (κ1) is 17.8. The van der Waals surface area contributed by atoms with Crippen molar-refractivity contribution < 1.29 is 27.9 Å². The van der Waals surface area contributed by atoms with E-state index in [0.717, 1.165) is 6.08 Å². The molecule has 0 aliphatic rings. The number of benzene rings is 1. The molecule has 0 saturated carbocycles. The maximum absolute atomic E-state index is 12.5. The number of carbonyl (C=O) groups excluding carboxylic acids is 1. The van der Waals surface area contributed by atoms with Crippen molar-refractivity contribution in [2.75, 3.05) is 0 Å². The summed E-state index contributed by atoms with van der Waals surface area (Å²) < 4.78 is 37.6. The molecule has 0 aliphatic heterocycles. The first-order valence-electron chi connectivity index (χ1n) is 5.60. The van der Waals surface area contributed by atoms with Crippen LogP contribution in [0.5, 0.6) is 0 Å². The Kier molecular flexibility index (Phi) is 6.03. The number of Topliss-reactive ketones (excluding diaryl/α,β-unsaturated/α-hetero) is 1. The zero-order chi connectivity index (χ0) is 16.2. The second-order valence-electron chi connectivity index (χ2n) is 3.92. The fourth-order valence-corrected chi connectivity index (χ4v) is 2.44. The van der Waals surface area contributed by atoms with Gasteiger partial charge >= 0.3 is 11.5 Å². The van der Waals surface area contributed by atoms with Crippen LogP contribution in [0.15, 0.2) is 29.2 Å². The summed E-state index contributed by atoms with van der Waals surface area (Å²) in [6, 6.07) is 3.88. The average Bonchev–Trinajstić information content (AvgIpc) is 2.33. The van der Waals surface area contributed by atoms with Gasteiger partial charge in [0.1, 0.15) is 0 Å². The highest BCUT2D eigenvalue weighted by Gasteiger charge is 2.31. The van der Waals surface area contributed by atoms with E-state index in [1.165, 1.54) is 25.1 Å². The quantitative estimate of drug-likeness (QED) is 0.355. The minimum atomic E-state index is -4.53. The normalized spacial score (nSPS) is 13.4. The monoisotopic (exact) mass is 382 g/mol. The summed E-state index contributed by atoms with van der Waals surface area (Å²) in [7, 11) is 0. The average molecular weight is 383 g/mol. The molecular formula is C13H10BrF3O3S. The van der Waals surface area contributed by atoms with Crippen molar-refractivity contribution in [2.45, 2.75) is 22.2 Å². The third-order valence-corrected chi connectivity index (χ3v) is 3.53. The van der Waals surface area contributed by atoms with E-state index in [0.29, 0.717) is 6.08 Å². The standard InChI is InChI=1S/C13H10BrF3O3S/c1-7(14)12(20)9-3-2-4-10(21-13(15,16)17)8(9)5-6-11(18)19/h2-7H,1H3,(H,18,19). The van der Waals surface area contributed by atoms with Gasteiger partial charge in [-0.05, 0) is 36.4 Å². The van der Waals surface area contributed by atoms with Gasteiger partial charge in [-0.25, -0.2) is 4.79 Å². The Hall–Kier alpha value is -1.28. The molecule has 0 amide bonds. The maximum atomic E-state index is 12.5. The Morgan fingerprint density at radius 3 is 2.48 bits per heavy atom. The molecule has 0 fully saturated rings. The van der Waals surface area contributed by atoms with Crippen LogP contribution in [-0.4, -0.2) is 27.2 Å². The van der Waals surface area contributed by atoms with Crippen LogP contribution >= 0.6 is 27.7 Å². The lowest BCUT2D eigenvalue weighted by atomic mass is 10.0. The number of carboxylic acid groups (broad SMARTS) is 1. The van der Waals surface area contributed by atoms with E-state index in [1.54, 1.807) is 0 Å². The summed E-state index contributed by atoms with van der Waals surface area (Å²) in [4.78, 5) is 21.8. The van der Waals surface area contributed by atoms with Crippen molar-refractivity contribution >= 4 is 45.5 Å². The largest absolute Gasteiger partial charge is 0.478 e. The number of rotatable bonds is 5. The van der Waals surface area contributed by atoms with Crippen molar-refractivity contribution in [3.63, 3.8) is 0 Å². The van der Waals surface area contributed by atoms with Gasteiger partial charge in [-0.15, -0.1) is 0 Å². The molecule has 0 radical (unpaired) electrons. The van der Waals surface area contributed by atoms with Crippen LogP contribution in [0.1, 0.15) is 22.8 Å². The Morgan fingerprint density at radius 1 is 1.38 bits per heavy atom. The first-order valence-corrected chi connectivity index (χ1v) is 7.33. The zero-order valence-corrected chi connectivity index (χ0v) is 13.1. The molecule has 1 N–H and O–H groups in total. The summed E-state index contributed by atoms with van der Waals surface area (Å²) in [6.45, 7) is 1.54. The Morgan fingerprint density at radius 2 is 2.00 bits per heavy atom. The molecule has 114 valence electrons. The molecule has 1 unspecified atom stereocenters. The van der Waals surface area contributed by atoms with Crippen LogP contribution in [-0.2, 0) is 4.79 Å². The van der Waals surface area contributed by atoms with Gasteiger partial charge in [-0.2, -0.15) is 13.2 Å². The van der Waals surface area contributed by atoms with Crippen LogP contribution in [0.4, 0.5) is 13.2 Å². The summed E-state index contributed by atoms with van der Waals surface area (Å²) in [6.07, 6.45) is 1.70. The van der Waals surface area contributed by atoms with E-state index >= 15 is 0 Å². The van der Waals surface area contributed by atoms with E-state index in [1.807, 2.05) is 0 Å². The van der Waals surface area contributed by atoms with E-state index in [2.05, 4.69) is 15.9 Å². The number of ketones is 1. The smallest absolute Gasteiger partial charge is 0.446 e. The Bertz CT molecular complexity index is 583. The third kappa shape index (κ3) is 5.55. The number of carbonyl (C=O) groups is 2. The Balaban J connectivity index is 3.40. The maximum Gasteiger partial charge on any atom is 0.446 e. The van der Waals surface area contributed by atoms with Crippen molar-refractivity contribution in [3.8, 4) is 0 Å². The van der Waals surface area contributed by atoms with Gasteiger partial charge in [-0.3, -0.25) is 4.79 Å². The van der Waals surface area contributed by atoms with Gasteiger partial charge in [-0.1, -0.05) is 28.1 Å². The zero-order valence-electron chi connectivity index (χ0n) is 10.6. The predicted molar refractivity (Wildman–Crippen MR) is 77.7 cm³/mol. The summed E-state index contributed by atoms with van der Waals surface area (Å²) in [5.74, 6) is -1.74. The molecule has 3 nitrogen and oxygen atoms in total. The van der Waals surface area contributed by atoms with Crippen LogP contribution in [0.3, 0.4) is 0 Å². The first-order chi connectivity index (χ1) is 9.61. The van der Waals surface area contributed by atoms with Gasteiger partial charge in [0, 0.05) is 16.5 Å². The molecule has 0 saturated heterocycles. The fraction of sp³-hybridized carbons (Fsp3) is 0.231. The molecule has 21 heavy (non-hydrogen) atoms. The predicted octanol–water partition coefficient (Wildman–Crippen LogP) is 4.36. The SMILES string of the molecule is CC(Br)C(=O)c1cccc(SC(F)(F)F)c1C=CC(=O)O. The number of aliphatic carboxylic acids is 1. The molecule has 1 aromatic rings. The summed E-state index contributed by atoms with van der Waals surface area (Å²) in [5, 5.41) is 8.63. The van der Waals surface area contributed by atoms with Gasteiger partial charge in [0.15, 0.2) is 5.78 Å². The van der Waals surface area contributed by atoms with Gasteiger partial charge in [0.05, 0.1) is 4.83 Å². The molecule has 8 heteroatoms. The lowest BCUT2D eigenvalue weighted by molar-refractivity contribution is -0.131.